The molecule has 1 fully saturated rings. The van der Waals surface area contributed by atoms with Gasteiger partial charge in [0, 0.05) is 31.7 Å². The summed E-state index contributed by atoms with van der Waals surface area (Å²) in [4.78, 5) is 14.9. The van der Waals surface area contributed by atoms with Gasteiger partial charge in [0.2, 0.25) is 10.0 Å². The van der Waals surface area contributed by atoms with Gasteiger partial charge in [-0.3, -0.25) is 4.79 Å². The van der Waals surface area contributed by atoms with Crippen LogP contribution in [-0.4, -0.2) is 61.9 Å². The van der Waals surface area contributed by atoms with Gasteiger partial charge in [0.1, 0.15) is 0 Å². The van der Waals surface area contributed by atoms with E-state index in [1.807, 2.05) is 32.9 Å². The van der Waals surface area contributed by atoms with Crippen LogP contribution in [0.3, 0.4) is 0 Å². The molecule has 0 aromatic heterocycles. The zero-order chi connectivity index (χ0) is 22.2. The summed E-state index contributed by atoms with van der Waals surface area (Å²) >= 11 is 3.22. The maximum absolute atomic E-state index is 13.2. The standard InChI is InChI=1S/C21H25BrN2O5S/c1-13-9-14(2)20(15(3)10-13)30(27,28)24-7-5-23(6-8-24)21(26)16-11-17(22)19(25)18(12-16)29-4/h9-12,25H,5-8H2,1-4H3. The molecule has 0 bridgehead atoms. The number of methoxy groups -OCH3 is 1. The van der Waals surface area contributed by atoms with E-state index < -0.39 is 10.0 Å². The van der Waals surface area contributed by atoms with Crippen molar-refractivity contribution >= 4 is 31.9 Å². The van der Waals surface area contributed by atoms with Gasteiger partial charge in [0.25, 0.3) is 5.91 Å². The van der Waals surface area contributed by atoms with Gasteiger partial charge < -0.3 is 14.7 Å². The van der Waals surface area contributed by atoms with E-state index in [9.17, 15) is 18.3 Å². The number of carbonyl (C=O) groups excluding carboxylic acids is 1. The first-order valence-electron chi connectivity index (χ1n) is 9.50. The Hall–Kier alpha value is -2.10. The molecular formula is C21H25BrN2O5S. The molecule has 162 valence electrons. The second kappa shape index (κ2) is 8.56. The van der Waals surface area contributed by atoms with Crippen LogP contribution < -0.4 is 4.74 Å². The minimum absolute atomic E-state index is 0.0752. The molecule has 1 N–H and O–H groups in total. The summed E-state index contributed by atoms with van der Waals surface area (Å²) in [6, 6.07) is 6.75. The fourth-order valence-electron chi connectivity index (χ4n) is 3.87. The molecule has 0 radical (unpaired) electrons. The van der Waals surface area contributed by atoms with Crippen LogP contribution in [0.25, 0.3) is 0 Å². The molecular weight excluding hydrogens is 472 g/mol. The van der Waals surface area contributed by atoms with Crippen molar-refractivity contribution in [3.8, 4) is 11.5 Å². The van der Waals surface area contributed by atoms with Crippen molar-refractivity contribution in [3.05, 3.63) is 51.0 Å². The zero-order valence-electron chi connectivity index (χ0n) is 17.4. The maximum atomic E-state index is 13.2. The molecule has 1 amide bonds. The molecule has 1 saturated heterocycles. The summed E-state index contributed by atoms with van der Waals surface area (Å²) in [5.41, 5.74) is 2.84. The highest BCUT2D eigenvalue weighted by Crippen LogP contribution is 2.35. The summed E-state index contributed by atoms with van der Waals surface area (Å²) in [6.07, 6.45) is 0. The van der Waals surface area contributed by atoms with E-state index in [1.165, 1.54) is 23.5 Å². The highest BCUT2D eigenvalue weighted by atomic mass is 79.9. The lowest BCUT2D eigenvalue weighted by atomic mass is 10.1. The first-order chi connectivity index (χ1) is 14.1. The number of piperazine rings is 1. The molecule has 0 saturated carbocycles. The van der Waals surface area contributed by atoms with Gasteiger partial charge in [-0.15, -0.1) is 0 Å². The average Bonchev–Trinajstić information content (AvgIpc) is 2.68. The van der Waals surface area contributed by atoms with Crippen LogP contribution in [-0.2, 0) is 10.0 Å². The van der Waals surface area contributed by atoms with E-state index >= 15 is 0 Å². The predicted molar refractivity (Wildman–Crippen MR) is 118 cm³/mol. The SMILES string of the molecule is COc1cc(C(=O)N2CCN(S(=O)(=O)c3c(C)cc(C)cc3C)CC2)cc(Br)c1O. The number of nitrogens with zero attached hydrogens (tertiary/aromatic N) is 2. The third-order valence-electron chi connectivity index (χ3n) is 5.22. The van der Waals surface area contributed by atoms with Crippen molar-refractivity contribution in [1.82, 2.24) is 9.21 Å². The number of hydrogen-bond donors (Lipinski definition) is 1. The minimum Gasteiger partial charge on any atom is -0.503 e. The van der Waals surface area contributed by atoms with Crippen LogP contribution in [0.1, 0.15) is 27.0 Å². The van der Waals surface area contributed by atoms with Crippen LogP contribution in [0.5, 0.6) is 11.5 Å². The quantitative estimate of drug-likeness (QED) is 0.701. The molecule has 0 aliphatic carbocycles. The first kappa shape index (κ1) is 22.6. The predicted octanol–water partition coefficient (Wildman–Crippen LogP) is 3.24. The van der Waals surface area contributed by atoms with Gasteiger partial charge in [-0.05, 0) is 60.0 Å². The van der Waals surface area contributed by atoms with E-state index in [4.69, 9.17) is 4.74 Å². The Morgan fingerprint density at radius 1 is 1.03 bits per heavy atom. The Kier molecular flexibility index (Phi) is 6.45. The number of phenols is 1. The van der Waals surface area contributed by atoms with E-state index in [0.717, 1.165) is 16.7 Å². The van der Waals surface area contributed by atoms with E-state index in [-0.39, 0.29) is 43.6 Å². The van der Waals surface area contributed by atoms with Crippen molar-refractivity contribution in [2.45, 2.75) is 25.7 Å². The van der Waals surface area contributed by atoms with Crippen molar-refractivity contribution in [1.29, 1.82) is 0 Å². The van der Waals surface area contributed by atoms with E-state index in [2.05, 4.69) is 15.9 Å². The van der Waals surface area contributed by atoms with E-state index in [0.29, 0.717) is 14.9 Å². The smallest absolute Gasteiger partial charge is 0.254 e. The average molecular weight is 497 g/mol. The van der Waals surface area contributed by atoms with Crippen molar-refractivity contribution in [2.24, 2.45) is 0 Å². The largest absolute Gasteiger partial charge is 0.503 e. The molecule has 0 unspecified atom stereocenters. The Morgan fingerprint density at radius 3 is 2.13 bits per heavy atom. The minimum atomic E-state index is -3.64. The molecule has 1 aliphatic rings. The number of carbonyl (C=O) groups is 1. The molecule has 0 spiro atoms. The fourth-order valence-corrected chi connectivity index (χ4v) is 6.15. The maximum Gasteiger partial charge on any atom is 0.254 e. The lowest BCUT2D eigenvalue weighted by Gasteiger charge is -2.34. The number of ether oxygens (including phenoxy) is 1. The molecule has 2 aromatic rings. The van der Waals surface area contributed by atoms with Gasteiger partial charge in [0.05, 0.1) is 16.5 Å². The number of phenolic OH excluding ortho intramolecular Hbond substituents is 1. The van der Waals surface area contributed by atoms with Gasteiger partial charge in [-0.25, -0.2) is 8.42 Å². The number of aromatic hydroxyl groups is 1. The van der Waals surface area contributed by atoms with Gasteiger partial charge >= 0.3 is 0 Å². The molecule has 9 heteroatoms. The number of sulfonamides is 1. The van der Waals surface area contributed by atoms with E-state index in [1.54, 1.807) is 4.90 Å². The van der Waals surface area contributed by atoms with Crippen molar-refractivity contribution < 1.29 is 23.1 Å². The lowest BCUT2D eigenvalue weighted by molar-refractivity contribution is 0.0697. The second-order valence-corrected chi connectivity index (χ2v) is 10.2. The topological polar surface area (TPSA) is 87.2 Å². The number of hydrogen-bond acceptors (Lipinski definition) is 5. The fraction of sp³-hybridized carbons (Fsp3) is 0.381. The number of benzene rings is 2. The highest BCUT2D eigenvalue weighted by Gasteiger charge is 2.32. The summed E-state index contributed by atoms with van der Waals surface area (Å²) < 4.78 is 33.4. The normalized spacial score (nSPS) is 15.3. The number of aryl methyl sites for hydroxylation is 3. The summed E-state index contributed by atoms with van der Waals surface area (Å²) in [5, 5.41) is 9.94. The van der Waals surface area contributed by atoms with Crippen LogP contribution in [0.2, 0.25) is 0 Å². The molecule has 30 heavy (non-hydrogen) atoms. The summed E-state index contributed by atoms with van der Waals surface area (Å²) in [7, 11) is -2.23. The monoisotopic (exact) mass is 496 g/mol. The Bertz CT molecular complexity index is 1070. The van der Waals surface area contributed by atoms with Crippen LogP contribution in [0.15, 0.2) is 33.6 Å². The van der Waals surface area contributed by atoms with Crippen LogP contribution in [0.4, 0.5) is 0 Å². The second-order valence-electron chi connectivity index (χ2n) is 7.43. The molecule has 0 atom stereocenters. The summed E-state index contributed by atoms with van der Waals surface area (Å²) in [5.74, 6) is -0.123. The Morgan fingerprint density at radius 2 is 1.60 bits per heavy atom. The molecule has 2 aromatic carbocycles. The Balaban J connectivity index is 1.78. The number of rotatable bonds is 4. The van der Waals surface area contributed by atoms with Crippen molar-refractivity contribution in [2.75, 3.05) is 33.3 Å². The van der Waals surface area contributed by atoms with Crippen molar-refractivity contribution in [3.63, 3.8) is 0 Å². The number of amides is 1. The van der Waals surface area contributed by atoms with Gasteiger partial charge in [-0.1, -0.05) is 17.7 Å². The Labute approximate surface area is 185 Å². The first-order valence-corrected chi connectivity index (χ1v) is 11.7. The molecule has 1 heterocycles. The summed E-state index contributed by atoms with van der Waals surface area (Å²) in [6.45, 7) is 6.56. The van der Waals surface area contributed by atoms with Gasteiger partial charge in [0.15, 0.2) is 11.5 Å². The number of halogens is 1. The highest BCUT2D eigenvalue weighted by molar-refractivity contribution is 9.10. The molecule has 1 aliphatic heterocycles. The molecule has 3 rings (SSSR count). The third kappa shape index (κ3) is 4.19. The lowest BCUT2D eigenvalue weighted by Crippen LogP contribution is -2.50. The molecule has 7 nitrogen and oxygen atoms in total. The van der Waals surface area contributed by atoms with Crippen LogP contribution >= 0.6 is 15.9 Å². The zero-order valence-corrected chi connectivity index (χ0v) is 19.8. The third-order valence-corrected chi connectivity index (χ3v) is 8.03. The van der Waals surface area contributed by atoms with Crippen LogP contribution in [0, 0.1) is 20.8 Å². The van der Waals surface area contributed by atoms with Gasteiger partial charge in [-0.2, -0.15) is 4.31 Å².